The molecule has 3 nitrogen and oxygen atoms in total. The summed E-state index contributed by atoms with van der Waals surface area (Å²) in [5.74, 6) is 0.624. The van der Waals surface area contributed by atoms with Crippen LogP contribution in [0.4, 0.5) is 0 Å². The Labute approximate surface area is 86.2 Å². The van der Waals surface area contributed by atoms with Gasteiger partial charge in [0.05, 0.1) is 6.61 Å². The lowest BCUT2D eigenvalue weighted by atomic mass is 9.98. The molecule has 0 bridgehead atoms. The molecule has 1 N–H and O–H groups in total. The van der Waals surface area contributed by atoms with Crippen LogP contribution in [0.5, 0.6) is 0 Å². The quantitative estimate of drug-likeness (QED) is 0.701. The maximum absolute atomic E-state index is 11.1. The van der Waals surface area contributed by atoms with E-state index < -0.39 is 0 Å². The zero-order valence-electron chi connectivity index (χ0n) is 9.05. The summed E-state index contributed by atoms with van der Waals surface area (Å²) in [6.45, 7) is 4.56. The SMILES string of the molecule is CCOC(=O)CCC1CCCCNC1. The fraction of sp³-hybridized carbons (Fsp3) is 0.909. The van der Waals surface area contributed by atoms with Crippen molar-refractivity contribution in [2.24, 2.45) is 5.92 Å². The molecule has 1 unspecified atom stereocenters. The third kappa shape index (κ3) is 4.61. The highest BCUT2D eigenvalue weighted by atomic mass is 16.5. The van der Waals surface area contributed by atoms with Crippen molar-refractivity contribution in [3.8, 4) is 0 Å². The number of esters is 1. The summed E-state index contributed by atoms with van der Waals surface area (Å²) >= 11 is 0. The molecule has 0 aromatic carbocycles. The van der Waals surface area contributed by atoms with Gasteiger partial charge in [0, 0.05) is 6.42 Å². The number of nitrogens with one attached hydrogen (secondary N) is 1. The lowest BCUT2D eigenvalue weighted by Crippen LogP contribution is -2.21. The molecule has 1 heterocycles. The minimum Gasteiger partial charge on any atom is -0.466 e. The summed E-state index contributed by atoms with van der Waals surface area (Å²) in [6.07, 6.45) is 5.38. The van der Waals surface area contributed by atoms with Gasteiger partial charge in [-0.3, -0.25) is 4.79 Å². The average Bonchev–Trinajstić information content (AvgIpc) is 2.43. The van der Waals surface area contributed by atoms with Crippen molar-refractivity contribution in [3.63, 3.8) is 0 Å². The first-order chi connectivity index (χ1) is 6.83. The molecule has 0 spiro atoms. The fourth-order valence-electron chi connectivity index (χ4n) is 1.89. The van der Waals surface area contributed by atoms with Crippen LogP contribution in [0.15, 0.2) is 0 Å². The van der Waals surface area contributed by atoms with E-state index in [1.807, 2.05) is 6.92 Å². The smallest absolute Gasteiger partial charge is 0.305 e. The summed E-state index contributed by atoms with van der Waals surface area (Å²) in [5.41, 5.74) is 0. The summed E-state index contributed by atoms with van der Waals surface area (Å²) in [4.78, 5) is 11.1. The summed E-state index contributed by atoms with van der Waals surface area (Å²) in [6, 6.07) is 0. The molecular weight excluding hydrogens is 178 g/mol. The van der Waals surface area contributed by atoms with E-state index >= 15 is 0 Å². The highest BCUT2D eigenvalue weighted by molar-refractivity contribution is 5.69. The van der Waals surface area contributed by atoms with Crippen molar-refractivity contribution in [3.05, 3.63) is 0 Å². The van der Waals surface area contributed by atoms with Crippen LogP contribution in [0.3, 0.4) is 0 Å². The predicted molar refractivity (Wildman–Crippen MR) is 56.1 cm³/mol. The van der Waals surface area contributed by atoms with E-state index in [1.165, 1.54) is 19.3 Å². The molecule has 0 amide bonds. The van der Waals surface area contributed by atoms with Crippen molar-refractivity contribution in [1.29, 1.82) is 0 Å². The Kier molecular flexibility index (Phi) is 5.60. The standard InChI is InChI=1S/C11H21NO2/c1-2-14-11(13)7-6-10-5-3-4-8-12-9-10/h10,12H,2-9H2,1H3. The van der Waals surface area contributed by atoms with Crippen LogP contribution in [0, 0.1) is 5.92 Å². The van der Waals surface area contributed by atoms with Gasteiger partial charge in [-0.05, 0) is 45.2 Å². The summed E-state index contributed by atoms with van der Waals surface area (Å²) < 4.78 is 4.90. The first kappa shape index (κ1) is 11.5. The first-order valence-corrected chi connectivity index (χ1v) is 5.69. The van der Waals surface area contributed by atoms with Gasteiger partial charge in [0.25, 0.3) is 0 Å². The molecule has 0 aromatic rings. The van der Waals surface area contributed by atoms with E-state index in [1.54, 1.807) is 0 Å². The van der Waals surface area contributed by atoms with Crippen molar-refractivity contribution in [1.82, 2.24) is 5.32 Å². The van der Waals surface area contributed by atoms with E-state index in [2.05, 4.69) is 5.32 Å². The molecule has 1 aliphatic rings. The molecule has 82 valence electrons. The van der Waals surface area contributed by atoms with E-state index in [0.29, 0.717) is 18.9 Å². The molecule has 1 atom stereocenters. The van der Waals surface area contributed by atoms with Crippen LogP contribution >= 0.6 is 0 Å². The highest BCUT2D eigenvalue weighted by Crippen LogP contribution is 2.16. The van der Waals surface area contributed by atoms with E-state index in [9.17, 15) is 4.79 Å². The highest BCUT2D eigenvalue weighted by Gasteiger charge is 2.13. The van der Waals surface area contributed by atoms with Gasteiger partial charge in [-0.15, -0.1) is 0 Å². The lowest BCUT2D eigenvalue weighted by Gasteiger charge is -2.12. The summed E-state index contributed by atoms with van der Waals surface area (Å²) in [5, 5.41) is 3.40. The lowest BCUT2D eigenvalue weighted by molar-refractivity contribution is -0.143. The number of hydrogen-bond donors (Lipinski definition) is 1. The fourth-order valence-corrected chi connectivity index (χ4v) is 1.89. The van der Waals surface area contributed by atoms with Gasteiger partial charge < -0.3 is 10.1 Å². The Morgan fingerprint density at radius 3 is 3.14 bits per heavy atom. The first-order valence-electron chi connectivity index (χ1n) is 5.69. The van der Waals surface area contributed by atoms with Crippen molar-refractivity contribution < 1.29 is 9.53 Å². The number of hydrogen-bond acceptors (Lipinski definition) is 3. The van der Waals surface area contributed by atoms with E-state index in [-0.39, 0.29) is 5.97 Å². The van der Waals surface area contributed by atoms with Gasteiger partial charge in [-0.2, -0.15) is 0 Å². The Balaban J connectivity index is 2.12. The van der Waals surface area contributed by atoms with Crippen LogP contribution in [0.2, 0.25) is 0 Å². The second-order valence-corrected chi connectivity index (χ2v) is 3.91. The maximum Gasteiger partial charge on any atom is 0.305 e. The van der Waals surface area contributed by atoms with Gasteiger partial charge in [0.2, 0.25) is 0 Å². The number of rotatable bonds is 4. The predicted octanol–water partition coefficient (Wildman–Crippen LogP) is 1.72. The van der Waals surface area contributed by atoms with E-state index in [4.69, 9.17) is 4.74 Å². The number of carbonyl (C=O) groups excluding carboxylic acids is 1. The monoisotopic (exact) mass is 199 g/mol. The number of ether oxygens (including phenoxy) is 1. The minimum absolute atomic E-state index is 0.0447. The molecule has 3 heteroatoms. The third-order valence-corrected chi connectivity index (χ3v) is 2.71. The van der Waals surface area contributed by atoms with Crippen molar-refractivity contribution in [2.45, 2.75) is 39.0 Å². The van der Waals surface area contributed by atoms with Crippen LogP contribution in [-0.4, -0.2) is 25.7 Å². The molecule has 0 saturated carbocycles. The van der Waals surface area contributed by atoms with Crippen LogP contribution in [0.25, 0.3) is 0 Å². The van der Waals surface area contributed by atoms with Crippen LogP contribution < -0.4 is 5.32 Å². The molecule has 14 heavy (non-hydrogen) atoms. The molecule has 1 aliphatic heterocycles. The zero-order chi connectivity index (χ0) is 10.2. The van der Waals surface area contributed by atoms with Gasteiger partial charge in [0.15, 0.2) is 0 Å². The topological polar surface area (TPSA) is 38.3 Å². The number of carbonyl (C=O) groups is 1. The molecule has 0 aliphatic carbocycles. The molecule has 1 fully saturated rings. The second-order valence-electron chi connectivity index (χ2n) is 3.91. The van der Waals surface area contributed by atoms with Crippen molar-refractivity contribution >= 4 is 5.97 Å². The molecule has 1 rings (SSSR count). The summed E-state index contributed by atoms with van der Waals surface area (Å²) in [7, 11) is 0. The minimum atomic E-state index is -0.0447. The molecule has 0 radical (unpaired) electrons. The maximum atomic E-state index is 11.1. The largest absolute Gasteiger partial charge is 0.466 e. The average molecular weight is 199 g/mol. The van der Waals surface area contributed by atoms with Gasteiger partial charge in [-0.1, -0.05) is 6.42 Å². The van der Waals surface area contributed by atoms with E-state index in [0.717, 1.165) is 19.5 Å². The second kappa shape index (κ2) is 6.82. The zero-order valence-corrected chi connectivity index (χ0v) is 9.05. The van der Waals surface area contributed by atoms with Gasteiger partial charge >= 0.3 is 5.97 Å². The normalized spacial score (nSPS) is 22.8. The van der Waals surface area contributed by atoms with Gasteiger partial charge in [-0.25, -0.2) is 0 Å². The Bertz CT molecular complexity index is 163. The Hall–Kier alpha value is -0.570. The van der Waals surface area contributed by atoms with Crippen LogP contribution in [0.1, 0.15) is 39.0 Å². The Morgan fingerprint density at radius 2 is 2.36 bits per heavy atom. The molecule has 1 saturated heterocycles. The van der Waals surface area contributed by atoms with Gasteiger partial charge in [0.1, 0.15) is 0 Å². The van der Waals surface area contributed by atoms with Crippen molar-refractivity contribution in [2.75, 3.05) is 19.7 Å². The van der Waals surface area contributed by atoms with Crippen LogP contribution in [-0.2, 0) is 9.53 Å². The molecule has 0 aromatic heterocycles. The Morgan fingerprint density at radius 1 is 1.50 bits per heavy atom. The third-order valence-electron chi connectivity index (χ3n) is 2.71. The molecular formula is C11H21NO2.